The number of hydrogen-bond acceptors (Lipinski definition) is 3. The molecule has 16 heavy (non-hydrogen) atoms. The average Bonchev–Trinajstić information content (AvgIpc) is 2.25. The highest BCUT2D eigenvalue weighted by molar-refractivity contribution is 4.80. The SMILES string of the molecule is CC(CNC(C)(C)C)N(C)C1CCOCC1. The van der Waals surface area contributed by atoms with Gasteiger partial charge in [0.2, 0.25) is 0 Å². The van der Waals surface area contributed by atoms with Gasteiger partial charge in [0, 0.05) is 37.4 Å². The molecule has 3 heteroatoms. The van der Waals surface area contributed by atoms with Crippen molar-refractivity contribution in [2.45, 2.75) is 58.2 Å². The second-order valence-corrected chi connectivity index (χ2v) is 5.99. The van der Waals surface area contributed by atoms with Gasteiger partial charge in [0.25, 0.3) is 0 Å². The van der Waals surface area contributed by atoms with Crippen molar-refractivity contribution in [1.82, 2.24) is 10.2 Å². The van der Waals surface area contributed by atoms with Crippen LogP contribution in [0.15, 0.2) is 0 Å². The minimum absolute atomic E-state index is 0.213. The molecule has 3 nitrogen and oxygen atoms in total. The number of rotatable bonds is 4. The van der Waals surface area contributed by atoms with Crippen LogP contribution in [-0.2, 0) is 4.74 Å². The minimum Gasteiger partial charge on any atom is -0.381 e. The van der Waals surface area contributed by atoms with Crippen molar-refractivity contribution in [3.8, 4) is 0 Å². The molecule has 0 amide bonds. The quantitative estimate of drug-likeness (QED) is 0.795. The van der Waals surface area contributed by atoms with Gasteiger partial charge >= 0.3 is 0 Å². The molecule has 1 heterocycles. The summed E-state index contributed by atoms with van der Waals surface area (Å²) in [6.07, 6.45) is 2.35. The van der Waals surface area contributed by atoms with Crippen molar-refractivity contribution in [3.05, 3.63) is 0 Å². The topological polar surface area (TPSA) is 24.5 Å². The van der Waals surface area contributed by atoms with Crippen molar-refractivity contribution < 1.29 is 4.74 Å². The summed E-state index contributed by atoms with van der Waals surface area (Å²) in [5.41, 5.74) is 0.213. The van der Waals surface area contributed by atoms with Gasteiger partial charge in [0.1, 0.15) is 0 Å². The second kappa shape index (κ2) is 5.99. The van der Waals surface area contributed by atoms with Gasteiger partial charge < -0.3 is 10.1 Å². The monoisotopic (exact) mass is 228 g/mol. The van der Waals surface area contributed by atoms with E-state index in [-0.39, 0.29) is 5.54 Å². The molecule has 0 aromatic carbocycles. The van der Waals surface area contributed by atoms with Gasteiger partial charge in [-0.1, -0.05) is 0 Å². The molecule has 1 rings (SSSR count). The van der Waals surface area contributed by atoms with E-state index in [4.69, 9.17) is 4.74 Å². The average molecular weight is 228 g/mol. The predicted octanol–water partition coefficient (Wildman–Crippen LogP) is 1.87. The van der Waals surface area contributed by atoms with Crippen LogP contribution in [0.3, 0.4) is 0 Å². The lowest BCUT2D eigenvalue weighted by Crippen LogP contribution is -2.49. The Bertz CT molecular complexity index is 195. The molecule has 1 aliphatic rings. The first kappa shape index (κ1) is 13.9. The smallest absolute Gasteiger partial charge is 0.0480 e. The van der Waals surface area contributed by atoms with Crippen molar-refractivity contribution in [2.24, 2.45) is 0 Å². The maximum atomic E-state index is 5.40. The Morgan fingerprint density at radius 3 is 2.38 bits per heavy atom. The standard InChI is InChI=1S/C13H28N2O/c1-11(10-14-13(2,3)4)15(5)12-6-8-16-9-7-12/h11-12,14H,6-10H2,1-5H3. The maximum Gasteiger partial charge on any atom is 0.0480 e. The Balaban J connectivity index is 2.31. The van der Waals surface area contributed by atoms with E-state index >= 15 is 0 Å². The second-order valence-electron chi connectivity index (χ2n) is 5.99. The third kappa shape index (κ3) is 4.81. The van der Waals surface area contributed by atoms with Crippen molar-refractivity contribution in [2.75, 3.05) is 26.8 Å². The van der Waals surface area contributed by atoms with Gasteiger partial charge in [0.15, 0.2) is 0 Å². The molecule has 0 spiro atoms. The Hall–Kier alpha value is -0.120. The van der Waals surface area contributed by atoms with E-state index in [2.05, 4.69) is 45.0 Å². The van der Waals surface area contributed by atoms with Crippen LogP contribution in [0.25, 0.3) is 0 Å². The molecule has 0 aromatic rings. The highest BCUT2D eigenvalue weighted by Crippen LogP contribution is 2.15. The summed E-state index contributed by atoms with van der Waals surface area (Å²) in [5.74, 6) is 0. The lowest BCUT2D eigenvalue weighted by molar-refractivity contribution is 0.0304. The fourth-order valence-electron chi connectivity index (χ4n) is 2.05. The van der Waals surface area contributed by atoms with Crippen LogP contribution in [-0.4, -0.2) is 49.3 Å². The van der Waals surface area contributed by atoms with Crippen LogP contribution in [0.4, 0.5) is 0 Å². The zero-order chi connectivity index (χ0) is 12.2. The van der Waals surface area contributed by atoms with Crippen LogP contribution in [0.1, 0.15) is 40.5 Å². The van der Waals surface area contributed by atoms with Gasteiger partial charge in [-0.3, -0.25) is 4.90 Å². The first-order chi connectivity index (χ1) is 7.40. The highest BCUT2D eigenvalue weighted by Gasteiger charge is 2.22. The van der Waals surface area contributed by atoms with E-state index in [1.54, 1.807) is 0 Å². The minimum atomic E-state index is 0.213. The van der Waals surface area contributed by atoms with Crippen LogP contribution < -0.4 is 5.32 Å². The summed E-state index contributed by atoms with van der Waals surface area (Å²) in [7, 11) is 2.24. The normalized spacial score (nSPS) is 21.4. The van der Waals surface area contributed by atoms with E-state index in [0.717, 1.165) is 19.8 Å². The van der Waals surface area contributed by atoms with Gasteiger partial charge in [-0.15, -0.1) is 0 Å². The Morgan fingerprint density at radius 1 is 1.31 bits per heavy atom. The van der Waals surface area contributed by atoms with E-state index in [1.807, 2.05) is 0 Å². The zero-order valence-electron chi connectivity index (χ0n) is 11.5. The first-order valence-electron chi connectivity index (χ1n) is 6.45. The van der Waals surface area contributed by atoms with Gasteiger partial charge in [-0.05, 0) is 47.6 Å². The van der Waals surface area contributed by atoms with Crippen molar-refractivity contribution in [3.63, 3.8) is 0 Å². The molecular formula is C13H28N2O. The Kier molecular flexibility index (Phi) is 5.22. The molecule has 1 aliphatic heterocycles. The number of nitrogens with one attached hydrogen (secondary N) is 1. The van der Waals surface area contributed by atoms with E-state index < -0.39 is 0 Å². The number of likely N-dealkylation sites (N-methyl/N-ethyl adjacent to an activating group) is 1. The first-order valence-corrected chi connectivity index (χ1v) is 6.45. The van der Waals surface area contributed by atoms with Crippen LogP contribution in [0.5, 0.6) is 0 Å². The molecule has 1 fully saturated rings. The zero-order valence-corrected chi connectivity index (χ0v) is 11.5. The Labute approximate surface area is 101 Å². The number of nitrogens with zero attached hydrogens (tertiary/aromatic N) is 1. The van der Waals surface area contributed by atoms with Crippen molar-refractivity contribution in [1.29, 1.82) is 0 Å². The van der Waals surface area contributed by atoms with Gasteiger partial charge in [-0.2, -0.15) is 0 Å². The molecule has 1 atom stereocenters. The largest absolute Gasteiger partial charge is 0.381 e. The molecule has 0 radical (unpaired) electrons. The molecular weight excluding hydrogens is 200 g/mol. The molecule has 0 aliphatic carbocycles. The third-order valence-electron chi connectivity index (χ3n) is 3.39. The van der Waals surface area contributed by atoms with Gasteiger partial charge in [-0.25, -0.2) is 0 Å². The summed E-state index contributed by atoms with van der Waals surface area (Å²) in [5, 5.41) is 3.57. The number of ether oxygens (including phenoxy) is 1. The summed E-state index contributed by atoms with van der Waals surface area (Å²) in [6.45, 7) is 11.9. The lowest BCUT2D eigenvalue weighted by atomic mass is 10.0. The molecule has 1 unspecified atom stereocenters. The van der Waals surface area contributed by atoms with E-state index in [9.17, 15) is 0 Å². The van der Waals surface area contributed by atoms with Crippen LogP contribution >= 0.6 is 0 Å². The number of hydrogen-bond donors (Lipinski definition) is 1. The maximum absolute atomic E-state index is 5.40. The third-order valence-corrected chi connectivity index (χ3v) is 3.39. The molecule has 1 saturated heterocycles. The molecule has 0 saturated carbocycles. The van der Waals surface area contributed by atoms with Crippen molar-refractivity contribution >= 4 is 0 Å². The van der Waals surface area contributed by atoms with Gasteiger partial charge in [0.05, 0.1) is 0 Å². The fourth-order valence-corrected chi connectivity index (χ4v) is 2.05. The highest BCUT2D eigenvalue weighted by atomic mass is 16.5. The summed E-state index contributed by atoms with van der Waals surface area (Å²) >= 11 is 0. The van der Waals surface area contributed by atoms with Crippen LogP contribution in [0.2, 0.25) is 0 Å². The summed E-state index contributed by atoms with van der Waals surface area (Å²) in [6, 6.07) is 1.29. The molecule has 0 bridgehead atoms. The fraction of sp³-hybridized carbons (Fsp3) is 1.00. The molecule has 0 aromatic heterocycles. The Morgan fingerprint density at radius 2 is 1.88 bits per heavy atom. The summed E-state index contributed by atoms with van der Waals surface area (Å²) in [4.78, 5) is 2.50. The molecule has 96 valence electrons. The van der Waals surface area contributed by atoms with E-state index in [0.29, 0.717) is 12.1 Å². The lowest BCUT2D eigenvalue weighted by Gasteiger charge is -2.36. The molecule has 1 N–H and O–H groups in total. The predicted molar refractivity (Wildman–Crippen MR) is 68.8 cm³/mol. The van der Waals surface area contributed by atoms with Crippen LogP contribution in [0, 0.1) is 0 Å². The van der Waals surface area contributed by atoms with E-state index in [1.165, 1.54) is 12.8 Å². The summed E-state index contributed by atoms with van der Waals surface area (Å²) < 4.78 is 5.40.